The summed E-state index contributed by atoms with van der Waals surface area (Å²) in [6, 6.07) is 19.5. The lowest BCUT2D eigenvalue weighted by molar-refractivity contribution is -0.141. The lowest BCUT2D eigenvalue weighted by Gasteiger charge is -2.32. The van der Waals surface area contributed by atoms with Crippen molar-refractivity contribution in [1.29, 1.82) is 0 Å². The van der Waals surface area contributed by atoms with E-state index >= 15 is 0 Å². The van der Waals surface area contributed by atoms with Crippen molar-refractivity contribution in [1.82, 2.24) is 10.2 Å². The predicted octanol–water partition coefficient (Wildman–Crippen LogP) is 4.68. The Morgan fingerprint density at radius 3 is 2.20 bits per heavy atom. The molecule has 0 aliphatic rings. The Bertz CT molecular complexity index is 1370. The molecule has 214 valence electrons. The molecule has 3 rings (SSSR count). The predicted molar refractivity (Wildman–Crippen MR) is 152 cm³/mol. The van der Waals surface area contributed by atoms with Crippen LogP contribution in [0.25, 0.3) is 0 Å². The summed E-state index contributed by atoms with van der Waals surface area (Å²) in [7, 11) is -3.71. The van der Waals surface area contributed by atoms with Crippen LogP contribution in [0, 0.1) is 11.6 Å². The first-order chi connectivity index (χ1) is 19.1. The van der Waals surface area contributed by atoms with Crippen molar-refractivity contribution in [3.63, 3.8) is 0 Å². The molecular formula is C30H35F2N3O4S. The van der Waals surface area contributed by atoms with Crippen LogP contribution in [0.15, 0.2) is 78.9 Å². The molecule has 0 spiro atoms. The Hall–Kier alpha value is -3.79. The SMILES string of the molecule is CCCNC(=O)C(Cc1ccccc1)N(Cc1ccccc1F)C(=O)CCCN(c1ccc(F)cc1)S(C)(=O)=O. The normalized spacial score (nSPS) is 12.0. The van der Waals surface area contributed by atoms with Crippen molar-refractivity contribution in [2.45, 2.75) is 45.2 Å². The fourth-order valence-electron chi connectivity index (χ4n) is 4.34. The van der Waals surface area contributed by atoms with E-state index in [0.29, 0.717) is 13.0 Å². The van der Waals surface area contributed by atoms with Gasteiger partial charge >= 0.3 is 0 Å². The number of rotatable bonds is 14. The van der Waals surface area contributed by atoms with Crippen LogP contribution in [0.3, 0.4) is 0 Å². The van der Waals surface area contributed by atoms with Crippen LogP contribution in [-0.2, 0) is 32.6 Å². The summed E-state index contributed by atoms with van der Waals surface area (Å²) in [5.41, 5.74) is 1.38. The second-order valence-electron chi connectivity index (χ2n) is 9.52. The summed E-state index contributed by atoms with van der Waals surface area (Å²) in [6.45, 7) is 2.18. The fourth-order valence-corrected chi connectivity index (χ4v) is 5.31. The molecule has 1 unspecified atom stereocenters. The maximum Gasteiger partial charge on any atom is 0.243 e. The number of nitrogens with one attached hydrogen (secondary N) is 1. The van der Waals surface area contributed by atoms with Crippen LogP contribution in [0.5, 0.6) is 0 Å². The van der Waals surface area contributed by atoms with Gasteiger partial charge in [0.05, 0.1) is 11.9 Å². The zero-order valence-electron chi connectivity index (χ0n) is 22.7. The molecule has 7 nitrogen and oxygen atoms in total. The van der Waals surface area contributed by atoms with Gasteiger partial charge in [-0.1, -0.05) is 55.5 Å². The van der Waals surface area contributed by atoms with Crippen LogP contribution < -0.4 is 9.62 Å². The first-order valence-corrected chi connectivity index (χ1v) is 15.0. The maximum absolute atomic E-state index is 14.7. The molecular weight excluding hydrogens is 536 g/mol. The number of sulfonamides is 1. The molecule has 40 heavy (non-hydrogen) atoms. The highest BCUT2D eigenvalue weighted by atomic mass is 32.2. The van der Waals surface area contributed by atoms with Crippen LogP contribution in [-0.4, -0.2) is 50.5 Å². The average Bonchev–Trinajstić information content (AvgIpc) is 2.93. The summed E-state index contributed by atoms with van der Waals surface area (Å²) >= 11 is 0. The molecule has 10 heteroatoms. The van der Waals surface area contributed by atoms with Crippen molar-refractivity contribution < 1.29 is 26.8 Å². The van der Waals surface area contributed by atoms with Crippen molar-refractivity contribution in [3.05, 3.63) is 102 Å². The van der Waals surface area contributed by atoms with Gasteiger partial charge in [-0.05, 0) is 48.7 Å². The zero-order chi connectivity index (χ0) is 29.1. The smallest absolute Gasteiger partial charge is 0.243 e. The first kappa shape index (κ1) is 30.7. The van der Waals surface area contributed by atoms with Gasteiger partial charge in [0.1, 0.15) is 17.7 Å². The number of anilines is 1. The van der Waals surface area contributed by atoms with Gasteiger partial charge in [0.25, 0.3) is 0 Å². The zero-order valence-corrected chi connectivity index (χ0v) is 23.5. The molecule has 2 amide bonds. The summed E-state index contributed by atoms with van der Waals surface area (Å²) in [4.78, 5) is 28.4. The van der Waals surface area contributed by atoms with Crippen LogP contribution in [0.4, 0.5) is 14.5 Å². The molecule has 0 saturated heterocycles. The molecule has 0 heterocycles. The lowest BCUT2D eigenvalue weighted by atomic mass is 10.0. The van der Waals surface area contributed by atoms with Gasteiger partial charge in [0.2, 0.25) is 21.8 Å². The standard InChI is InChI=1S/C30H35F2N3O4S/c1-3-19-33-30(37)28(21-23-10-5-4-6-11-23)34(22-24-12-7-8-13-27(24)32)29(36)14-9-20-35(40(2,38)39)26-17-15-25(31)16-18-26/h4-8,10-13,15-18,28H,3,9,14,19-22H2,1-2H3,(H,33,37). The van der Waals surface area contributed by atoms with E-state index in [2.05, 4.69) is 5.32 Å². The summed E-state index contributed by atoms with van der Waals surface area (Å²) in [6.07, 6.45) is 2.01. The highest BCUT2D eigenvalue weighted by Gasteiger charge is 2.31. The number of nitrogens with zero attached hydrogens (tertiary/aromatic N) is 2. The van der Waals surface area contributed by atoms with Gasteiger partial charge in [-0.2, -0.15) is 0 Å². The molecule has 0 saturated carbocycles. The molecule has 0 aliphatic heterocycles. The van der Waals surface area contributed by atoms with E-state index in [1.54, 1.807) is 18.2 Å². The van der Waals surface area contributed by atoms with Gasteiger partial charge in [-0.15, -0.1) is 0 Å². The Morgan fingerprint density at radius 1 is 0.925 bits per heavy atom. The molecule has 0 aliphatic carbocycles. The third-order valence-electron chi connectivity index (χ3n) is 6.39. The van der Waals surface area contributed by atoms with E-state index in [1.807, 2.05) is 37.3 Å². The lowest BCUT2D eigenvalue weighted by Crippen LogP contribution is -2.50. The molecule has 1 N–H and O–H groups in total. The van der Waals surface area contributed by atoms with Crippen molar-refractivity contribution in [3.8, 4) is 0 Å². The molecule has 0 fully saturated rings. The minimum absolute atomic E-state index is 0.0326. The minimum atomic E-state index is -3.71. The first-order valence-electron chi connectivity index (χ1n) is 13.2. The van der Waals surface area contributed by atoms with Gasteiger partial charge < -0.3 is 10.2 Å². The van der Waals surface area contributed by atoms with Crippen molar-refractivity contribution >= 4 is 27.5 Å². The second kappa shape index (κ2) is 14.6. The van der Waals surface area contributed by atoms with Gasteiger partial charge in [0, 0.05) is 38.0 Å². The van der Waals surface area contributed by atoms with Crippen LogP contribution >= 0.6 is 0 Å². The number of carbonyl (C=O) groups excluding carboxylic acids is 2. The van der Waals surface area contributed by atoms with Gasteiger partial charge in [0.15, 0.2) is 0 Å². The number of carbonyl (C=O) groups is 2. The largest absolute Gasteiger partial charge is 0.354 e. The van der Waals surface area contributed by atoms with E-state index in [9.17, 15) is 26.8 Å². The average molecular weight is 572 g/mol. The van der Waals surface area contributed by atoms with E-state index < -0.39 is 33.6 Å². The van der Waals surface area contributed by atoms with Gasteiger partial charge in [-0.3, -0.25) is 13.9 Å². The molecule has 1 atom stereocenters. The molecule has 0 bridgehead atoms. The summed E-state index contributed by atoms with van der Waals surface area (Å²) < 4.78 is 54.1. The Morgan fingerprint density at radius 2 is 1.57 bits per heavy atom. The quantitative estimate of drug-likeness (QED) is 0.305. The molecule has 3 aromatic rings. The summed E-state index contributed by atoms with van der Waals surface area (Å²) in [5, 5.41) is 2.86. The van der Waals surface area contributed by atoms with Crippen molar-refractivity contribution in [2.75, 3.05) is 23.7 Å². The number of halogens is 2. The summed E-state index contributed by atoms with van der Waals surface area (Å²) in [5.74, 6) is -1.75. The number of hydrogen-bond donors (Lipinski definition) is 1. The minimum Gasteiger partial charge on any atom is -0.354 e. The Labute approximate surface area is 234 Å². The number of amides is 2. The van der Waals surface area contributed by atoms with Gasteiger partial charge in [-0.25, -0.2) is 17.2 Å². The van der Waals surface area contributed by atoms with E-state index in [-0.39, 0.29) is 49.5 Å². The monoisotopic (exact) mass is 571 g/mol. The third kappa shape index (κ3) is 8.87. The Balaban J connectivity index is 1.87. The van der Waals surface area contributed by atoms with Crippen LogP contribution in [0.1, 0.15) is 37.3 Å². The van der Waals surface area contributed by atoms with Crippen molar-refractivity contribution in [2.24, 2.45) is 0 Å². The second-order valence-corrected chi connectivity index (χ2v) is 11.4. The number of hydrogen-bond acceptors (Lipinski definition) is 4. The van der Waals surface area contributed by atoms with E-state index in [4.69, 9.17) is 0 Å². The molecule has 0 radical (unpaired) electrons. The third-order valence-corrected chi connectivity index (χ3v) is 7.58. The Kier molecular flexibility index (Phi) is 11.2. The van der Waals surface area contributed by atoms with E-state index in [0.717, 1.165) is 28.3 Å². The fraction of sp³-hybridized carbons (Fsp3) is 0.333. The number of benzene rings is 3. The maximum atomic E-state index is 14.7. The van der Waals surface area contributed by atoms with E-state index in [1.165, 1.54) is 23.1 Å². The highest BCUT2D eigenvalue weighted by molar-refractivity contribution is 7.92. The molecule has 3 aromatic carbocycles. The topological polar surface area (TPSA) is 86.8 Å². The van der Waals surface area contributed by atoms with Crippen LogP contribution in [0.2, 0.25) is 0 Å². The highest BCUT2D eigenvalue weighted by Crippen LogP contribution is 2.21. The molecule has 0 aromatic heterocycles.